The lowest BCUT2D eigenvalue weighted by molar-refractivity contribution is -0.129. The van der Waals surface area contributed by atoms with E-state index < -0.39 is 0 Å². The Kier molecular flexibility index (Phi) is 4.20. The zero-order valence-corrected chi connectivity index (χ0v) is 12.6. The number of aryl methyl sites for hydroxylation is 3. The highest BCUT2D eigenvalue weighted by atomic mass is 16.2. The highest BCUT2D eigenvalue weighted by molar-refractivity contribution is 5.81. The van der Waals surface area contributed by atoms with Gasteiger partial charge in [-0.1, -0.05) is 32.9 Å². The standard InChI is InChI=1S/C16H25NO/c1-10-8-12(3)14(9-11(10)2)13(4)17-15(18)16(5,6)7/h8-9,13H,1-7H3,(H,17,18)/t13-/m1/s1. The molecule has 0 saturated heterocycles. The van der Waals surface area contributed by atoms with Crippen molar-refractivity contribution in [2.24, 2.45) is 5.41 Å². The zero-order valence-electron chi connectivity index (χ0n) is 12.6. The van der Waals surface area contributed by atoms with Crippen molar-refractivity contribution in [1.29, 1.82) is 0 Å². The van der Waals surface area contributed by atoms with E-state index >= 15 is 0 Å². The molecular formula is C16H25NO. The van der Waals surface area contributed by atoms with Crippen LogP contribution < -0.4 is 5.32 Å². The molecule has 2 nitrogen and oxygen atoms in total. The first-order valence-electron chi connectivity index (χ1n) is 6.51. The van der Waals surface area contributed by atoms with Gasteiger partial charge in [-0.3, -0.25) is 4.79 Å². The van der Waals surface area contributed by atoms with Gasteiger partial charge in [-0.15, -0.1) is 0 Å². The van der Waals surface area contributed by atoms with Gasteiger partial charge in [0.15, 0.2) is 0 Å². The van der Waals surface area contributed by atoms with E-state index in [2.05, 4.69) is 38.2 Å². The smallest absolute Gasteiger partial charge is 0.225 e. The van der Waals surface area contributed by atoms with Crippen LogP contribution in [0.3, 0.4) is 0 Å². The maximum atomic E-state index is 12.0. The average Bonchev–Trinajstić information content (AvgIpc) is 2.21. The molecule has 0 bridgehead atoms. The number of nitrogens with one attached hydrogen (secondary N) is 1. The third-order valence-corrected chi connectivity index (χ3v) is 3.38. The topological polar surface area (TPSA) is 29.1 Å². The van der Waals surface area contributed by atoms with Crippen LogP contribution in [0.1, 0.15) is 56.0 Å². The Morgan fingerprint density at radius 2 is 1.56 bits per heavy atom. The van der Waals surface area contributed by atoms with Crippen LogP contribution in [0.25, 0.3) is 0 Å². The summed E-state index contributed by atoms with van der Waals surface area (Å²) in [5.74, 6) is 0.0904. The molecule has 0 spiro atoms. The summed E-state index contributed by atoms with van der Waals surface area (Å²) in [6, 6.07) is 4.42. The molecule has 2 heteroatoms. The second kappa shape index (κ2) is 5.13. The Morgan fingerprint density at radius 1 is 1.06 bits per heavy atom. The molecule has 0 fully saturated rings. The lowest BCUT2D eigenvalue weighted by atomic mass is 9.93. The van der Waals surface area contributed by atoms with Crippen LogP contribution in [0, 0.1) is 26.2 Å². The van der Waals surface area contributed by atoms with Gasteiger partial charge in [-0.2, -0.15) is 0 Å². The minimum atomic E-state index is -0.345. The number of amides is 1. The van der Waals surface area contributed by atoms with Gasteiger partial charge in [-0.25, -0.2) is 0 Å². The number of carbonyl (C=O) groups excluding carboxylic acids is 1. The molecule has 1 rings (SSSR count). The van der Waals surface area contributed by atoms with Crippen molar-refractivity contribution < 1.29 is 4.79 Å². The monoisotopic (exact) mass is 247 g/mol. The van der Waals surface area contributed by atoms with Gasteiger partial charge in [0.2, 0.25) is 5.91 Å². The second-order valence-corrected chi connectivity index (χ2v) is 6.24. The lowest BCUT2D eigenvalue weighted by Gasteiger charge is -2.23. The molecule has 1 aromatic rings. The van der Waals surface area contributed by atoms with E-state index in [1.807, 2.05) is 27.7 Å². The van der Waals surface area contributed by atoms with Crippen LogP contribution >= 0.6 is 0 Å². The number of rotatable bonds is 2. The summed E-state index contributed by atoms with van der Waals surface area (Å²) in [6.45, 7) is 14.2. The number of hydrogen-bond donors (Lipinski definition) is 1. The number of hydrogen-bond acceptors (Lipinski definition) is 1. The first kappa shape index (κ1) is 14.7. The van der Waals surface area contributed by atoms with Crippen LogP contribution in [-0.2, 0) is 4.79 Å². The van der Waals surface area contributed by atoms with E-state index in [0.717, 1.165) is 0 Å². The molecular weight excluding hydrogens is 222 g/mol. The fourth-order valence-electron chi connectivity index (χ4n) is 1.94. The van der Waals surface area contributed by atoms with Crippen LogP contribution in [-0.4, -0.2) is 5.91 Å². The van der Waals surface area contributed by atoms with Crippen molar-refractivity contribution in [2.45, 2.75) is 54.5 Å². The molecule has 0 aromatic heterocycles. The molecule has 0 aliphatic rings. The quantitative estimate of drug-likeness (QED) is 0.845. The van der Waals surface area contributed by atoms with Crippen molar-refractivity contribution in [3.05, 3.63) is 34.4 Å². The largest absolute Gasteiger partial charge is 0.349 e. The molecule has 18 heavy (non-hydrogen) atoms. The fraction of sp³-hybridized carbons (Fsp3) is 0.562. The fourth-order valence-corrected chi connectivity index (χ4v) is 1.94. The van der Waals surface area contributed by atoms with Crippen molar-refractivity contribution >= 4 is 5.91 Å². The maximum Gasteiger partial charge on any atom is 0.225 e. The maximum absolute atomic E-state index is 12.0. The predicted molar refractivity (Wildman–Crippen MR) is 76.7 cm³/mol. The number of carbonyl (C=O) groups is 1. The SMILES string of the molecule is Cc1cc(C)c([C@@H](C)NC(=O)C(C)(C)C)cc1C. The Hall–Kier alpha value is -1.31. The summed E-state index contributed by atoms with van der Waals surface area (Å²) in [5, 5.41) is 3.08. The van der Waals surface area contributed by atoms with E-state index in [1.54, 1.807) is 0 Å². The summed E-state index contributed by atoms with van der Waals surface area (Å²) in [6.07, 6.45) is 0. The third kappa shape index (κ3) is 3.34. The van der Waals surface area contributed by atoms with Crippen molar-refractivity contribution in [2.75, 3.05) is 0 Å². The molecule has 0 unspecified atom stereocenters. The van der Waals surface area contributed by atoms with Gasteiger partial charge < -0.3 is 5.32 Å². The Morgan fingerprint density at radius 3 is 2.06 bits per heavy atom. The molecule has 1 amide bonds. The van der Waals surface area contributed by atoms with Crippen LogP contribution in [0.5, 0.6) is 0 Å². The second-order valence-electron chi connectivity index (χ2n) is 6.24. The van der Waals surface area contributed by atoms with Crippen LogP contribution in [0.2, 0.25) is 0 Å². The normalized spacial score (nSPS) is 13.3. The highest BCUT2D eigenvalue weighted by Gasteiger charge is 2.23. The Labute approximate surface area is 111 Å². The van der Waals surface area contributed by atoms with Gasteiger partial charge in [0.25, 0.3) is 0 Å². The van der Waals surface area contributed by atoms with Gasteiger partial charge in [0, 0.05) is 5.41 Å². The van der Waals surface area contributed by atoms with E-state index in [0.29, 0.717) is 0 Å². The zero-order chi connectivity index (χ0) is 14.1. The van der Waals surface area contributed by atoms with E-state index in [9.17, 15) is 4.79 Å². The molecule has 100 valence electrons. The van der Waals surface area contributed by atoms with E-state index in [4.69, 9.17) is 0 Å². The molecule has 0 aliphatic heterocycles. The predicted octanol–water partition coefficient (Wildman–Crippen LogP) is 3.84. The molecule has 0 radical (unpaired) electrons. The minimum Gasteiger partial charge on any atom is -0.349 e. The van der Waals surface area contributed by atoms with E-state index in [-0.39, 0.29) is 17.4 Å². The van der Waals surface area contributed by atoms with Gasteiger partial charge >= 0.3 is 0 Å². The van der Waals surface area contributed by atoms with Gasteiger partial charge in [-0.05, 0) is 49.9 Å². The summed E-state index contributed by atoms with van der Waals surface area (Å²) >= 11 is 0. The highest BCUT2D eigenvalue weighted by Crippen LogP contribution is 2.23. The summed E-state index contributed by atoms with van der Waals surface area (Å²) in [7, 11) is 0. The molecule has 1 atom stereocenters. The van der Waals surface area contributed by atoms with Crippen molar-refractivity contribution in [3.8, 4) is 0 Å². The Balaban J connectivity index is 2.95. The summed E-state index contributed by atoms with van der Waals surface area (Å²) in [4.78, 5) is 12.0. The first-order chi connectivity index (χ1) is 8.12. The van der Waals surface area contributed by atoms with Gasteiger partial charge in [0.1, 0.15) is 0 Å². The molecule has 1 aromatic carbocycles. The minimum absolute atomic E-state index is 0.0519. The molecule has 0 aliphatic carbocycles. The summed E-state index contributed by atoms with van der Waals surface area (Å²) in [5.41, 5.74) is 4.66. The summed E-state index contributed by atoms with van der Waals surface area (Å²) < 4.78 is 0. The third-order valence-electron chi connectivity index (χ3n) is 3.38. The molecule has 0 saturated carbocycles. The van der Waals surface area contributed by atoms with Crippen LogP contribution in [0.4, 0.5) is 0 Å². The van der Waals surface area contributed by atoms with Crippen molar-refractivity contribution in [1.82, 2.24) is 5.32 Å². The lowest BCUT2D eigenvalue weighted by Crippen LogP contribution is -2.36. The average molecular weight is 247 g/mol. The first-order valence-corrected chi connectivity index (χ1v) is 6.51. The Bertz CT molecular complexity index is 455. The molecule has 1 N–H and O–H groups in total. The molecule has 0 heterocycles. The van der Waals surface area contributed by atoms with Crippen molar-refractivity contribution in [3.63, 3.8) is 0 Å². The van der Waals surface area contributed by atoms with E-state index in [1.165, 1.54) is 22.3 Å². The van der Waals surface area contributed by atoms with Gasteiger partial charge in [0.05, 0.1) is 6.04 Å². The number of benzene rings is 1. The van der Waals surface area contributed by atoms with Crippen LogP contribution in [0.15, 0.2) is 12.1 Å².